The number of hydrogen-bond acceptors (Lipinski definition) is 8. The van der Waals surface area contributed by atoms with Gasteiger partial charge in [0.05, 0.1) is 17.9 Å². The van der Waals surface area contributed by atoms with E-state index >= 15 is 0 Å². The van der Waals surface area contributed by atoms with Gasteiger partial charge < -0.3 is 10.6 Å². The van der Waals surface area contributed by atoms with Gasteiger partial charge in [-0.25, -0.2) is 9.61 Å². The molecule has 152 valence electrons. The summed E-state index contributed by atoms with van der Waals surface area (Å²) >= 11 is 3.12. The van der Waals surface area contributed by atoms with Gasteiger partial charge in [0.25, 0.3) is 5.56 Å². The van der Waals surface area contributed by atoms with Gasteiger partial charge in [-0.1, -0.05) is 40.1 Å². The molecule has 2 aromatic heterocycles. The highest BCUT2D eigenvalue weighted by molar-refractivity contribution is 9.09. The summed E-state index contributed by atoms with van der Waals surface area (Å²) in [5.41, 5.74) is 0.718. The first kappa shape index (κ1) is 21.7. The molecule has 10 nitrogen and oxygen atoms in total. The van der Waals surface area contributed by atoms with Gasteiger partial charge in [0.15, 0.2) is 11.6 Å². The number of aryl methyl sites for hydroxylation is 1. The van der Waals surface area contributed by atoms with Gasteiger partial charge in [-0.15, -0.1) is 0 Å². The molecule has 0 spiro atoms. The minimum atomic E-state index is -0.760. The lowest BCUT2D eigenvalue weighted by atomic mass is 10.1. The molecule has 0 saturated heterocycles. The Kier molecular flexibility index (Phi) is 7.85. The summed E-state index contributed by atoms with van der Waals surface area (Å²) < 4.78 is 5.93. The zero-order valence-electron chi connectivity index (χ0n) is 15.9. The van der Waals surface area contributed by atoms with Gasteiger partial charge in [0.2, 0.25) is 5.91 Å². The summed E-state index contributed by atoms with van der Waals surface area (Å²) in [5, 5.41) is 13.2. The second-order valence-corrected chi connectivity index (χ2v) is 6.69. The molecule has 0 aliphatic heterocycles. The molecule has 0 bridgehead atoms. The molecule has 11 heteroatoms. The van der Waals surface area contributed by atoms with Gasteiger partial charge >= 0.3 is 0 Å². The van der Waals surface area contributed by atoms with E-state index in [-0.39, 0.29) is 29.4 Å². The SMILES string of the molecule is CC[C@H](NC(=O)[C@H](CC)n1ccnc(NCc2nonc2C)c1=O)C(=O)CBr. The summed E-state index contributed by atoms with van der Waals surface area (Å²) in [4.78, 5) is 41.4. The van der Waals surface area contributed by atoms with Crippen molar-refractivity contribution in [1.82, 2.24) is 25.2 Å². The number of carbonyl (C=O) groups excluding carboxylic acids is 2. The average Bonchev–Trinajstić information content (AvgIpc) is 3.11. The number of carbonyl (C=O) groups is 2. The van der Waals surface area contributed by atoms with Gasteiger partial charge in [-0.2, -0.15) is 0 Å². The van der Waals surface area contributed by atoms with E-state index in [9.17, 15) is 14.4 Å². The van der Waals surface area contributed by atoms with Crippen LogP contribution >= 0.6 is 15.9 Å². The van der Waals surface area contributed by atoms with Crippen LogP contribution in [0, 0.1) is 6.92 Å². The first-order chi connectivity index (χ1) is 13.4. The van der Waals surface area contributed by atoms with E-state index in [1.54, 1.807) is 13.8 Å². The van der Waals surface area contributed by atoms with Crippen LogP contribution in [0.4, 0.5) is 5.82 Å². The molecule has 0 fully saturated rings. The topological polar surface area (TPSA) is 132 Å². The average molecular weight is 455 g/mol. The molecule has 0 aliphatic carbocycles. The van der Waals surface area contributed by atoms with Crippen molar-refractivity contribution in [1.29, 1.82) is 0 Å². The molecule has 1 amide bonds. The standard InChI is InChI=1S/C17H23BrN6O4/c1-4-11(14(25)8-18)21-16(26)13(5-2)24-7-6-19-15(17(24)27)20-9-12-10(3)22-28-23-12/h6-7,11,13H,4-5,8-9H2,1-3H3,(H,19,20)(H,21,26)/t11-,13-/m0/s1. The number of anilines is 1. The first-order valence-electron chi connectivity index (χ1n) is 8.90. The molecule has 2 aromatic rings. The van der Waals surface area contributed by atoms with E-state index in [0.717, 1.165) is 0 Å². The van der Waals surface area contributed by atoms with E-state index in [1.807, 2.05) is 6.92 Å². The van der Waals surface area contributed by atoms with Crippen molar-refractivity contribution >= 4 is 33.4 Å². The van der Waals surface area contributed by atoms with Gasteiger partial charge in [0.1, 0.15) is 17.4 Å². The number of ketones is 1. The van der Waals surface area contributed by atoms with Crippen molar-refractivity contribution in [2.45, 2.75) is 52.2 Å². The number of halogens is 1. The Hall–Kier alpha value is -2.56. The van der Waals surface area contributed by atoms with Crippen LogP contribution in [-0.2, 0) is 16.1 Å². The molecule has 0 aromatic carbocycles. The van der Waals surface area contributed by atoms with Crippen LogP contribution in [0.25, 0.3) is 0 Å². The van der Waals surface area contributed by atoms with Crippen LogP contribution in [0.15, 0.2) is 21.8 Å². The molecule has 0 saturated carbocycles. The molecular weight excluding hydrogens is 432 g/mol. The zero-order chi connectivity index (χ0) is 20.7. The Morgan fingerprint density at radius 3 is 2.61 bits per heavy atom. The van der Waals surface area contributed by atoms with Crippen molar-refractivity contribution in [3.05, 3.63) is 34.1 Å². The van der Waals surface area contributed by atoms with Crippen LogP contribution in [-0.4, -0.2) is 42.9 Å². The largest absolute Gasteiger partial charge is 0.360 e. The quantitative estimate of drug-likeness (QED) is 0.514. The van der Waals surface area contributed by atoms with Crippen LogP contribution < -0.4 is 16.2 Å². The monoisotopic (exact) mass is 454 g/mol. The highest BCUT2D eigenvalue weighted by atomic mass is 79.9. The Morgan fingerprint density at radius 1 is 1.29 bits per heavy atom. The smallest absolute Gasteiger partial charge is 0.294 e. The maximum absolute atomic E-state index is 12.8. The molecule has 2 atom stereocenters. The van der Waals surface area contributed by atoms with Crippen LogP contribution in [0.1, 0.15) is 44.1 Å². The number of rotatable bonds is 10. The van der Waals surface area contributed by atoms with Crippen molar-refractivity contribution in [3.63, 3.8) is 0 Å². The lowest BCUT2D eigenvalue weighted by Crippen LogP contribution is -2.45. The number of alkyl halides is 1. The summed E-state index contributed by atoms with van der Waals surface area (Å²) in [7, 11) is 0. The third kappa shape index (κ3) is 5.03. The number of Topliss-reactive ketones (excluding diaryl/α,β-unsaturated/α-hetero) is 1. The van der Waals surface area contributed by atoms with Crippen molar-refractivity contribution in [2.24, 2.45) is 0 Å². The lowest BCUT2D eigenvalue weighted by Gasteiger charge is -2.22. The third-order valence-electron chi connectivity index (χ3n) is 4.31. The minimum Gasteiger partial charge on any atom is -0.360 e. The van der Waals surface area contributed by atoms with Gasteiger partial charge in [-0.3, -0.25) is 19.0 Å². The van der Waals surface area contributed by atoms with Crippen LogP contribution in [0.5, 0.6) is 0 Å². The second kappa shape index (κ2) is 10.1. The minimum absolute atomic E-state index is 0.0831. The van der Waals surface area contributed by atoms with Gasteiger partial charge in [0, 0.05) is 12.4 Å². The first-order valence-corrected chi connectivity index (χ1v) is 10.0. The normalized spacial score (nSPS) is 13.0. The molecule has 2 rings (SSSR count). The van der Waals surface area contributed by atoms with Crippen molar-refractivity contribution < 1.29 is 14.2 Å². The fraction of sp³-hybridized carbons (Fsp3) is 0.529. The second-order valence-electron chi connectivity index (χ2n) is 6.13. The molecule has 0 unspecified atom stereocenters. The molecule has 2 N–H and O–H groups in total. The molecule has 2 heterocycles. The summed E-state index contributed by atoms with van der Waals surface area (Å²) in [5.74, 6) is -0.425. The Labute approximate surface area is 170 Å². The molecule has 0 aliphatic rings. The highest BCUT2D eigenvalue weighted by Crippen LogP contribution is 2.12. The highest BCUT2D eigenvalue weighted by Gasteiger charge is 2.25. The maximum atomic E-state index is 12.8. The molecular formula is C17H23BrN6O4. The summed E-state index contributed by atoms with van der Waals surface area (Å²) in [6.07, 6.45) is 3.74. The third-order valence-corrected chi connectivity index (χ3v) is 4.86. The van der Waals surface area contributed by atoms with Crippen molar-refractivity contribution in [2.75, 3.05) is 10.6 Å². The van der Waals surface area contributed by atoms with E-state index in [2.05, 4.69) is 46.5 Å². The number of aromatic nitrogens is 4. The fourth-order valence-electron chi connectivity index (χ4n) is 2.65. The molecule has 0 radical (unpaired) electrons. The summed E-state index contributed by atoms with van der Waals surface area (Å²) in [6.45, 7) is 5.55. The fourth-order valence-corrected chi connectivity index (χ4v) is 3.04. The lowest BCUT2D eigenvalue weighted by molar-refractivity contribution is -0.129. The Balaban J connectivity index is 2.19. The van der Waals surface area contributed by atoms with E-state index < -0.39 is 17.6 Å². The number of nitrogens with zero attached hydrogens (tertiary/aromatic N) is 4. The molecule has 28 heavy (non-hydrogen) atoms. The maximum Gasteiger partial charge on any atom is 0.294 e. The van der Waals surface area contributed by atoms with E-state index in [1.165, 1.54) is 17.0 Å². The van der Waals surface area contributed by atoms with Crippen LogP contribution in [0.3, 0.4) is 0 Å². The Morgan fingerprint density at radius 2 is 2.04 bits per heavy atom. The summed E-state index contributed by atoms with van der Waals surface area (Å²) in [6, 6.07) is -1.36. The number of amides is 1. The zero-order valence-corrected chi connectivity index (χ0v) is 17.5. The van der Waals surface area contributed by atoms with Crippen molar-refractivity contribution in [3.8, 4) is 0 Å². The van der Waals surface area contributed by atoms with E-state index in [4.69, 9.17) is 0 Å². The Bertz CT molecular complexity index is 881. The van der Waals surface area contributed by atoms with Crippen LogP contribution in [0.2, 0.25) is 0 Å². The van der Waals surface area contributed by atoms with Gasteiger partial charge in [-0.05, 0) is 19.8 Å². The predicted octanol–water partition coefficient (Wildman–Crippen LogP) is 1.36. The van der Waals surface area contributed by atoms with E-state index in [0.29, 0.717) is 24.2 Å². The number of nitrogens with one attached hydrogen (secondary N) is 2. The number of hydrogen-bond donors (Lipinski definition) is 2. The predicted molar refractivity (Wildman–Crippen MR) is 105 cm³/mol.